The Bertz CT molecular complexity index is 378. The molecule has 0 aromatic carbocycles. The second-order valence-corrected chi connectivity index (χ2v) is 6.48. The largest absolute Gasteiger partial charge is 0.393 e. The summed E-state index contributed by atoms with van der Waals surface area (Å²) in [6.45, 7) is 1.24. The van der Waals surface area contributed by atoms with Gasteiger partial charge in [-0.2, -0.15) is 0 Å². The van der Waals surface area contributed by atoms with Crippen molar-refractivity contribution < 1.29 is 14.7 Å². The Morgan fingerprint density at radius 3 is 2.43 bits per heavy atom. The van der Waals surface area contributed by atoms with Gasteiger partial charge in [0.2, 0.25) is 5.91 Å². The predicted octanol–water partition coefficient (Wildman–Crippen LogP) is 0.800. The summed E-state index contributed by atoms with van der Waals surface area (Å²) in [5.74, 6) is -0.0397. The van der Waals surface area contributed by atoms with Crippen molar-refractivity contribution in [1.82, 2.24) is 15.1 Å². The van der Waals surface area contributed by atoms with Crippen LogP contribution in [0.25, 0.3) is 0 Å². The van der Waals surface area contributed by atoms with Gasteiger partial charge in [0, 0.05) is 33.2 Å². The number of hydrogen-bond donors (Lipinski definition) is 2. The van der Waals surface area contributed by atoms with Crippen molar-refractivity contribution in [2.45, 2.75) is 50.7 Å². The number of hydrogen-bond acceptors (Lipinski definition) is 3. The first-order valence-corrected chi connectivity index (χ1v) is 7.92. The third kappa shape index (κ3) is 4.33. The number of aliphatic hydroxyl groups is 1. The van der Waals surface area contributed by atoms with Crippen molar-refractivity contribution >= 4 is 11.9 Å². The van der Waals surface area contributed by atoms with E-state index in [9.17, 15) is 14.7 Å². The van der Waals surface area contributed by atoms with Crippen LogP contribution in [0.3, 0.4) is 0 Å². The first-order valence-electron chi connectivity index (χ1n) is 7.92. The van der Waals surface area contributed by atoms with Crippen molar-refractivity contribution in [2.24, 2.45) is 5.92 Å². The molecule has 1 heterocycles. The lowest BCUT2D eigenvalue weighted by atomic mass is 9.91. The summed E-state index contributed by atoms with van der Waals surface area (Å²) < 4.78 is 0. The molecule has 1 atom stereocenters. The van der Waals surface area contributed by atoms with Crippen LogP contribution in [-0.2, 0) is 4.79 Å². The minimum atomic E-state index is -0.207. The van der Waals surface area contributed by atoms with Crippen LogP contribution in [0.2, 0.25) is 0 Å². The maximum Gasteiger partial charge on any atom is 0.319 e. The SMILES string of the molecule is CN(C)C(=O)N1CCCC(C(=O)NC2CCC(O)CC2)C1. The molecule has 2 N–H and O–H groups in total. The van der Waals surface area contributed by atoms with Crippen molar-refractivity contribution in [1.29, 1.82) is 0 Å². The van der Waals surface area contributed by atoms with Crippen LogP contribution < -0.4 is 5.32 Å². The van der Waals surface area contributed by atoms with E-state index in [0.717, 1.165) is 45.1 Å². The lowest BCUT2D eigenvalue weighted by Crippen LogP contribution is -2.50. The highest BCUT2D eigenvalue weighted by molar-refractivity contribution is 5.81. The number of rotatable bonds is 2. The van der Waals surface area contributed by atoms with E-state index >= 15 is 0 Å². The summed E-state index contributed by atoms with van der Waals surface area (Å²) in [7, 11) is 3.47. The van der Waals surface area contributed by atoms with Crippen molar-refractivity contribution in [3.8, 4) is 0 Å². The fraction of sp³-hybridized carbons (Fsp3) is 0.867. The Labute approximate surface area is 126 Å². The topological polar surface area (TPSA) is 72.9 Å². The zero-order valence-electron chi connectivity index (χ0n) is 13.0. The van der Waals surface area contributed by atoms with Crippen LogP contribution in [-0.4, -0.2) is 66.2 Å². The number of carbonyl (C=O) groups is 2. The minimum absolute atomic E-state index is 0.0201. The van der Waals surface area contributed by atoms with E-state index in [2.05, 4.69) is 5.32 Å². The molecule has 1 saturated heterocycles. The molecule has 120 valence electrons. The molecule has 3 amide bonds. The van der Waals surface area contributed by atoms with Crippen LogP contribution in [0.5, 0.6) is 0 Å². The van der Waals surface area contributed by atoms with Crippen LogP contribution in [0, 0.1) is 5.92 Å². The number of aliphatic hydroxyl groups excluding tert-OH is 1. The van der Waals surface area contributed by atoms with Crippen molar-refractivity contribution in [3.63, 3.8) is 0 Å². The van der Waals surface area contributed by atoms with E-state index in [4.69, 9.17) is 0 Å². The van der Waals surface area contributed by atoms with Crippen LogP contribution in [0.15, 0.2) is 0 Å². The fourth-order valence-electron chi connectivity index (χ4n) is 3.19. The van der Waals surface area contributed by atoms with E-state index < -0.39 is 0 Å². The molecule has 1 aliphatic carbocycles. The molecule has 1 unspecified atom stereocenters. The molecule has 2 aliphatic rings. The standard InChI is InChI=1S/C15H27N3O3/c1-17(2)15(21)18-9-3-4-11(10-18)14(20)16-12-5-7-13(19)8-6-12/h11-13,19H,3-10H2,1-2H3,(H,16,20). The third-order valence-corrected chi connectivity index (χ3v) is 4.49. The Morgan fingerprint density at radius 1 is 1.14 bits per heavy atom. The minimum Gasteiger partial charge on any atom is -0.393 e. The number of nitrogens with zero attached hydrogens (tertiary/aromatic N) is 2. The predicted molar refractivity (Wildman–Crippen MR) is 79.8 cm³/mol. The van der Waals surface area contributed by atoms with Crippen molar-refractivity contribution in [3.05, 3.63) is 0 Å². The molecule has 1 saturated carbocycles. The molecule has 0 radical (unpaired) electrons. The summed E-state index contributed by atoms with van der Waals surface area (Å²) in [5.41, 5.74) is 0. The first-order chi connectivity index (χ1) is 9.97. The molecular formula is C15H27N3O3. The maximum atomic E-state index is 12.4. The third-order valence-electron chi connectivity index (χ3n) is 4.49. The molecule has 0 aromatic heterocycles. The van der Waals surface area contributed by atoms with Crippen LogP contribution in [0.1, 0.15) is 38.5 Å². The zero-order chi connectivity index (χ0) is 15.4. The van der Waals surface area contributed by atoms with Gasteiger partial charge in [-0.25, -0.2) is 4.79 Å². The van der Waals surface area contributed by atoms with Crippen LogP contribution >= 0.6 is 0 Å². The van der Waals surface area contributed by atoms with Gasteiger partial charge in [-0.15, -0.1) is 0 Å². The summed E-state index contributed by atoms with van der Waals surface area (Å²) in [5, 5.41) is 12.6. The molecule has 6 nitrogen and oxygen atoms in total. The summed E-state index contributed by atoms with van der Waals surface area (Å²) >= 11 is 0. The van der Waals surface area contributed by atoms with E-state index in [-0.39, 0.29) is 30.0 Å². The van der Waals surface area contributed by atoms with E-state index in [0.29, 0.717) is 6.54 Å². The van der Waals surface area contributed by atoms with E-state index in [1.165, 1.54) is 0 Å². The van der Waals surface area contributed by atoms with E-state index in [1.54, 1.807) is 23.9 Å². The van der Waals surface area contributed by atoms with Gasteiger partial charge in [0.05, 0.1) is 12.0 Å². The molecule has 1 aliphatic heterocycles. The van der Waals surface area contributed by atoms with E-state index in [1.807, 2.05) is 0 Å². The first kappa shape index (κ1) is 16.1. The zero-order valence-corrected chi connectivity index (χ0v) is 13.0. The number of nitrogens with one attached hydrogen (secondary N) is 1. The molecule has 6 heteroatoms. The Hall–Kier alpha value is -1.30. The molecular weight excluding hydrogens is 270 g/mol. The second kappa shape index (κ2) is 7.11. The van der Waals surface area contributed by atoms with Crippen LogP contribution in [0.4, 0.5) is 4.79 Å². The van der Waals surface area contributed by atoms with Gasteiger partial charge >= 0.3 is 6.03 Å². The fourth-order valence-corrected chi connectivity index (χ4v) is 3.19. The van der Waals surface area contributed by atoms with Gasteiger partial charge in [0.25, 0.3) is 0 Å². The van der Waals surface area contributed by atoms with Crippen molar-refractivity contribution in [2.75, 3.05) is 27.2 Å². The molecule has 0 aromatic rings. The molecule has 2 rings (SSSR count). The van der Waals surface area contributed by atoms with Gasteiger partial charge in [0.15, 0.2) is 0 Å². The maximum absolute atomic E-state index is 12.4. The van der Waals surface area contributed by atoms with Gasteiger partial charge in [-0.3, -0.25) is 4.79 Å². The summed E-state index contributed by atoms with van der Waals surface area (Å²) in [4.78, 5) is 27.7. The second-order valence-electron chi connectivity index (χ2n) is 6.48. The van der Waals surface area contributed by atoms with Gasteiger partial charge in [-0.05, 0) is 38.5 Å². The summed E-state index contributed by atoms with van der Waals surface area (Å²) in [6, 6.07) is 0.161. The highest BCUT2D eigenvalue weighted by Gasteiger charge is 2.30. The average Bonchev–Trinajstić information content (AvgIpc) is 2.48. The lowest BCUT2D eigenvalue weighted by molar-refractivity contribution is -0.127. The lowest BCUT2D eigenvalue weighted by Gasteiger charge is -2.35. The number of piperidine rings is 1. The number of amides is 3. The number of urea groups is 1. The normalized spacial score (nSPS) is 29.9. The Morgan fingerprint density at radius 2 is 1.81 bits per heavy atom. The smallest absolute Gasteiger partial charge is 0.319 e. The average molecular weight is 297 g/mol. The molecule has 0 spiro atoms. The van der Waals surface area contributed by atoms with Gasteiger partial charge in [-0.1, -0.05) is 0 Å². The highest BCUT2D eigenvalue weighted by atomic mass is 16.3. The number of carbonyl (C=O) groups excluding carboxylic acids is 2. The highest BCUT2D eigenvalue weighted by Crippen LogP contribution is 2.21. The van der Waals surface area contributed by atoms with Gasteiger partial charge in [0.1, 0.15) is 0 Å². The molecule has 21 heavy (non-hydrogen) atoms. The van der Waals surface area contributed by atoms with Gasteiger partial charge < -0.3 is 20.2 Å². The Kier molecular flexibility index (Phi) is 5.45. The summed E-state index contributed by atoms with van der Waals surface area (Å²) in [6.07, 6.45) is 4.74. The quantitative estimate of drug-likeness (QED) is 0.792. The monoisotopic (exact) mass is 297 g/mol. The molecule has 0 bridgehead atoms. The Balaban J connectivity index is 1.83. The number of likely N-dealkylation sites (tertiary alicyclic amines) is 1. The molecule has 2 fully saturated rings.